The van der Waals surface area contributed by atoms with E-state index in [9.17, 15) is 0 Å². The second kappa shape index (κ2) is 7.67. The van der Waals surface area contributed by atoms with Crippen molar-refractivity contribution in [2.24, 2.45) is 0 Å². The second-order valence-corrected chi connectivity index (χ2v) is 9.60. The number of rotatable bonds is 4. The highest BCUT2D eigenvalue weighted by molar-refractivity contribution is 5.98. The number of hydrogen-bond acceptors (Lipinski definition) is 0. The zero-order chi connectivity index (χ0) is 22.4. The normalized spacial score (nSPS) is 13.6. The number of benzene rings is 3. The summed E-state index contributed by atoms with van der Waals surface area (Å²) < 4.78 is 4.75. The van der Waals surface area contributed by atoms with E-state index >= 15 is 0 Å². The van der Waals surface area contributed by atoms with Crippen LogP contribution in [-0.2, 0) is 18.5 Å². The zero-order valence-electron chi connectivity index (χ0n) is 19.2. The third-order valence-electron chi connectivity index (χ3n) is 7.07. The van der Waals surface area contributed by atoms with Crippen molar-refractivity contribution in [2.75, 3.05) is 0 Å². The standard InChI is InChI=1S/C31H28N2/c1-31(2)27-21-32(19-23-11-5-3-6-12-23)18-17-25(27)30-26-15-9-10-16-29(26)33(22-28(30)31)20-24-13-7-4-8-14-24/h3-18,21-22H,19-20H2,1-2H3/q+2. The number of aromatic nitrogens is 2. The summed E-state index contributed by atoms with van der Waals surface area (Å²) in [5.74, 6) is 0. The molecule has 2 heteroatoms. The van der Waals surface area contributed by atoms with E-state index in [0.29, 0.717) is 0 Å². The third kappa shape index (κ3) is 3.34. The SMILES string of the molecule is CC1(C)c2c[n+](Cc3ccccc3)ccc2-c2c1c[n+](Cc1ccccc1)c1ccccc21. The van der Waals surface area contributed by atoms with Gasteiger partial charge in [0.25, 0.3) is 0 Å². The van der Waals surface area contributed by atoms with Gasteiger partial charge in [0.05, 0.1) is 5.39 Å². The van der Waals surface area contributed by atoms with Crippen LogP contribution in [0.5, 0.6) is 0 Å². The topological polar surface area (TPSA) is 7.76 Å². The van der Waals surface area contributed by atoms with Crippen LogP contribution in [0.2, 0.25) is 0 Å². The lowest BCUT2D eigenvalue weighted by molar-refractivity contribution is -0.688. The fourth-order valence-corrected chi connectivity index (χ4v) is 5.34. The van der Waals surface area contributed by atoms with Crippen LogP contribution in [-0.4, -0.2) is 0 Å². The van der Waals surface area contributed by atoms with E-state index in [-0.39, 0.29) is 5.41 Å². The summed E-state index contributed by atoms with van der Waals surface area (Å²) in [4.78, 5) is 0. The summed E-state index contributed by atoms with van der Waals surface area (Å²) in [5, 5.41) is 1.33. The van der Waals surface area contributed by atoms with Crippen molar-refractivity contribution < 1.29 is 9.13 Å². The molecule has 0 saturated heterocycles. The van der Waals surface area contributed by atoms with Crippen LogP contribution >= 0.6 is 0 Å². The highest BCUT2D eigenvalue weighted by Gasteiger charge is 2.41. The number of nitrogens with zero attached hydrogens (tertiary/aromatic N) is 2. The summed E-state index contributed by atoms with van der Waals surface area (Å²) in [6.45, 7) is 6.49. The second-order valence-electron chi connectivity index (χ2n) is 9.60. The largest absolute Gasteiger partial charge is 0.213 e. The molecule has 160 valence electrons. The van der Waals surface area contributed by atoms with Crippen molar-refractivity contribution in [3.63, 3.8) is 0 Å². The average molecular weight is 429 g/mol. The van der Waals surface area contributed by atoms with Crippen LogP contribution in [0.4, 0.5) is 0 Å². The van der Waals surface area contributed by atoms with Gasteiger partial charge in [0.2, 0.25) is 5.52 Å². The summed E-state index contributed by atoms with van der Waals surface area (Å²) in [6.07, 6.45) is 6.99. The summed E-state index contributed by atoms with van der Waals surface area (Å²) in [6, 6.07) is 32.6. The maximum Gasteiger partial charge on any atom is 0.213 e. The molecule has 2 heterocycles. The molecule has 6 rings (SSSR count). The quantitative estimate of drug-likeness (QED) is 0.319. The molecule has 0 amide bonds. The Labute approximate surface area is 195 Å². The molecule has 2 nitrogen and oxygen atoms in total. The van der Waals surface area contributed by atoms with E-state index in [1.165, 1.54) is 44.3 Å². The van der Waals surface area contributed by atoms with E-state index in [1.807, 2.05) is 0 Å². The molecular formula is C31H28N2+2. The molecule has 0 aliphatic heterocycles. The molecule has 3 aromatic carbocycles. The molecule has 0 atom stereocenters. The Morgan fingerprint density at radius 2 is 1.27 bits per heavy atom. The van der Waals surface area contributed by atoms with Crippen LogP contribution in [0, 0.1) is 0 Å². The van der Waals surface area contributed by atoms with Crippen molar-refractivity contribution in [2.45, 2.75) is 32.4 Å². The molecular weight excluding hydrogens is 400 g/mol. The minimum Gasteiger partial charge on any atom is -0.200 e. The maximum absolute atomic E-state index is 2.43. The Hall–Kier alpha value is -3.78. The fourth-order valence-electron chi connectivity index (χ4n) is 5.34. The Kier molecular flexibility index (Phi) is 4.62. The van der Waals surface area contributed by atoms with Gasteiger partial charge in [-0.3, -0.25) is 0 Å². The Bertz CT molecular complexity index is 1470. The van der Waals surface area contributed by atoms with E-state index in [0.717, 1.165) is 13.1 Å². The molecule has 0 unspecified atom stereocenters. The van der Waals surface area contributed by atoms with E-state index in [1.54, 1.807) is 0 Å². The van der Waals surface area contributed by atoms with Gasteiger partial charge in [-0.2, -0.15) is 4.57 Å². The first-order chi connectivity index (χ1) is 16.1. The summed E-state index contributed by atoms with van der Waals surface area (Å²) in [5.41, 5.74) is 9.42. The lowest BCUT2D eigenvalue weighted by atomic mass is 9.83. The van der Waals surface area contributed by atoms with Crippen LogP contribution in [0.1, 0.15) is 36.1 Å². The lowest BCUT2D eigenvalue weighted by Gasteiger charge is -2.19. The molecule has 0 radical (unpaired) electrons. The number of pyridine rings is 2. The minimum absolute atomic E-state index is 0.0627. The number of fused-ring (bicyclic) bond motifs is 5. The highest BCUT2D eigenvalue weighted by Crippen LogP contribution is 2.49. The van der Waals surface area contributed by atoms with Gasteiger partial charge in [-0.05, 0) is 11.6 Å². The average Bonchev–Trinajstić information content (AvgIpc) is 3.07. The van der Waals surface area contributed by atoms with Crippen molar-refractivity contribution in [1.82, 2.24) is 0 Å². The van der Waals surface area contributed by atoms with Gasteiger partial charge in [0, 0.05) is 45.4 Å². The van der Waals surface area contributed by atoms with Gasteiger partial charge < -0.3 is 0 Å². The molecule has 0 N–H and O–H groups in total. The number of para-hydroxylation sites is 1. The van der Waals surface area contributed by atoms with Crippen molar-refractivity contribution in [3.8, 4) is 11.1 Å². The summed E-state index contributed by atoms with van der Waals surface area (Å²) in [7, 11) is 0. The van der Waals surface area contributed by atoms with Gasteiger partial charge in [-0.25, -0.2) is 4.57 Å². The van der Waals surface area contributed by atoms with Crippen LogP contribution in [0.25, 0.3) is 22.0 Å². The van der Waals surface area contributed by atoms with E-state index < -0.39 is 0 Å². The first-order valence-corrected chi connectivity index (χ1v) is 11.7. The minimum atomic E-state index is -0.0627. The van der Waals surface area contributed by atoms with Gasteiger partial charge in [0.1, 0.15) is 0 Å². The predicted molar refractivity (Wildman–Crippen MR) is 133 cm³/mol. The van der Waals surface area contributed by atoms with Crippen LogP contribution in [0.3, 0.4) is 0 Å². The molecule has 2 aromatic heterocycles. The van der Waals surface area contributed by atoms with Gasteiger partial charge in [-0.15, -0.1) is 0 Å². The van der Waals surface area contributed by atoms with Gasteiger partial charge in [0.15, 0.2) is 31.7 Å². The van der Waals surface area contributed by atoms with Crippen molar-refractivity contribution in [3.05, 3.63) is 132 Å². The Morgan fingerprint density at radius 3 is 2.00 bits per heavy atom. The molecule has 0 fully saturated rings. The first kappa shape index (κ1) is 19.9. The highest BCUT2D eigenvalue weighted by atomic mass is 15.0. The molecule has 1 aliphatic carbocycles. The van der Waals surface area contributed by atoms with Crippen molar-refractivity contribution >= 4 is 10.9 Å². The number of hydrogen-bond donors (Lipinski definition) is 0. The Morgan fingerprint density at radius 1 is 0.636 bits per heavy atom. The van der Waals surface area contributed by atoms with Gasteiger partial charge >= 0.3 is 0 Å². The first-order valence-electron chi connectivity index (χ1n) is 11.7. The summed E-state index contributed by atoms with van der Waals surface area (Å²) >= 11 is 0. The molecule has 1 aliphatic rings. The smallest absolute Gasteiger partial charge is 0.200 e. The van der Waals surface area contributed by atoms with Crippen LogP contribution < -0.4 is 9.13 Å². The molecule has 33 heavy (non-hydrogen) atoms. The molecule has 0 bridgehead atoms. The monoisotopic (exact) mass is 428 g/mol. The molecule has 0 saturated carbocycles. The lowest BCUT2D eigenvalue weighted by Crippen LogP contribution is -2.37. The van der Waals surface area contributed by atoms with E-state index in [2.05, 4.69) is 133 Å². The Balaban J connectivity index is 1.51. The zero-order valence-corrected chi connectivity index (χ0v) is 19.2. The third-order valence-corrected chi connectivity index (χ3v) is 7.07. The predicted octanol–water partition coefficient (Wildman–Crippen LogP) is 5.82. The fraction of sp³-hybridized carbons (Fsp3) is 0.161. The van der Waals surface area contributed by atoms with Crippen molar-refractivity contribution in [1.29, 1.82) is 0 Å². The van der Waals surface area contributed by atoms with Crippen LogP contribution in [0.15, 0.2) is 110 Å². The van der Waals surface area contributed by atoms with E-state index in [4.69, 9.17) is 0 Å². The molecule has 5 aromatic rings. The molecule has 0 spiro atoms. The maximum atomic E-state index is 2.43. The van der Waals surface area contributed by atoms with Gasteiger partial charge in [-0.1, -0.05) is 86.6 Å².